The van der Waals surface area contributed by atoms with Crippen LogP contribution in [0.3, 0.4) is 0 Å². The normalized spacial score (nSPS) is 13.6. The van der Waals surface area contributed by atoms with Gasteiger partial charge in [0, 0.05) is 24.2 Å². The summed E-state index contributed by atoms with van der Waals surface area (Å²) in [6, 6.07) is 11.4. The summed E-state index contributed by atoms with van der Waals surface area (Å²) in [5, 5.41) is 0.632. The van der Waals surface area contributed by atoms with Crippen LogP contribution in [0, 0.1) is 0 Å². The molecule has 0 aromatic heterocycles. The Morgan fingerprint density at radius 3 is 2.48 bits per heavy atom. The van der Waals surface area contributed by atoms with Crippen LogP contribution < -0.4 is 9.47 Å². The highest BCUT2D eigenvalue weighted by atomic mass is 35.5. The zero-order valence-electron chi connectivity index (χ0n) is 14.3. The van der Waals surface area contributed by atoms with E-state index >= 15 is 0 Å². The van der Waals surface area contributed by atoms with Gasteiger partial charge in [0.05, 0.1) is 14.2 Å². The van der Waals surface area contributed by atoms with E-state index in [0.717, 1.165) is 23.3 Å². The molecule has 0 saturated carbocycles. The third-order valence-corrected chi connectivity index (χ3v) is 4.68. The summed E-state index contributed by atoms with van der Waals surface area (Å²) in [5.41, 5.74) is 3.11. The van der Waals surface area contributed by atoms with E-state index in [1.165, 1.54) is 5.56 Å². The topological polar surface area (TPSA) is 38.8 Å². The standard InChI is InChI=1S/C20H20ClNO3/c1-24-18-11-15-9-10-22(13-16(15)12-19(18)25-2)20(23)8-7-14-5-3-4-6-17(14)21/h3-8,11-12H,9-10,13H2,1-2H3. The fourth-order valence-electron chi connectivity index (χ4n) is 2.95. The maximum absolute atomic E-state index is 12.5. The molecule has 0 saturated heterocycles. The van der Waals surface area contributed by atoms with Gasteiger partial charge < -0.3 is 14.4 Å². The number of hydrogen-bond donors (Lipinski definition) is 0. The average molecular weight is 358 g/mol. The molecule has 0 N–H and O–H groups in total. The number of fused-ring (bicyclic) bond motifs is 1. The summed E-state index contributed by atoms with van der Waals surface area (Å²) < 4.78 is 10.7. The minimum atomic E-state index is -0.0274. The van der Waals surface area contributed by atoms with Crippen molar-refractivity contribution in [1.82, 2.24) is 4.90 Å². The van der Waals surface area contributed by atoms with E-state index in [2.05, 4.69) is 0 Å². The molecule has 0 unspecified atom stereocenters. The van der Waals surface area contributed by atoms with Crippen molar-refractivity contribution in [1.29, 1.82) is 0 Å². The zero-order valence-corrected chi connectivity index (χ0v) is 15.0. The van der Waals surface area contributed by atoms with Crippen molar-refractivity contribution in [2.24, 2.45) is 0 Å². The van der Waals surface area contributed by atoms with Crippen molar-refractivity contribution in [3.8, 4) is 11.5 Å². The number of halogens is 1. The van der Waals surface area contributed by atoms with E-state index in [1.807, 2.05) is 41.3 Å². The van der Waals surface area contributed by atoms with E-state index in [9.17, 15) is 4.79 Å². The average Bonchev–Trinajstić information content (AvgIpc) is 2.65. The van der Waals surface area contributed by atoms with Gasteiger partial charge in [-0.2, -0.15) is 0 Å². The molecule has 1 aliphatic rings. The Labute approximate surface area is 152 Å². The molecule has 4 nitrogen and oxygen atoms in total. The van der Waals surface area contributed by atoms with Crippen molar-refractivity contribution in [3.05, 3.63) is 64.2 Å². The maximum atomic E-state index is 12.5. The van der Waals surface area contributed by atoms with Crippen molar-refractivity contribution < 1.29 is 14.3 Å². The van der Waals surface area contributed by atoms with Crippen LogP contribution in [0.2, 0.25) is 5.02 Å². The number of ether oxygens (including phenoxy) is 2. The van der Waals surface area contributed by atoms with Gasteiger partial charge in [-0.3, -0.25) is 4.79 Å². The van der Waals surface area contributed by atoms with Crippen LogP contribution in [-0.4, -0.2) is 31.6 Å². The molecule has 130 valence electrons. The molecule has 0 radical (unpaired) electrons. The van der Waals surface area contributed by atoms with E-state index in [1.54, 1.807) is 26.4 Å². The second-order valence-electron chi connectivity index (χ2n) is 5.84. The molecule has 1 heterocycles. The van der Waals surface area contributed by atoms with Crippen LogP contribution in [0.25, 0.3) is 6.08 Å². The predicted molar refractivity (Wildman–Crippen MR) is 99.2 cm³/mol. The van der Waals surface area contributed by atoms with Crippen LogP contribution in [0.1, 0.15) is 16.7 Å². The number of methoxy groups -OCH3 is 2. The first-order valence-electron chi connectivity index (χ1n) is 8.07. The number of hydrogen-bond acceptors (Lipinski definition) is 3. The largest absolute Gasteiger partial charge is 0.493 e. The molecule has 0 atom stereocenters. The van der Waals surface area contributed by atoms with Crippen LogP contribution in [0.4, 0.5) is 0 Å². The number of carbonyl (C=O) groups is 1. The highest BCUT2D eigenvalue weighted by Crippen LogP contribution is 2.33. The smallest absolute Gasteiger partial charge is 0.246 e. The quantitative estimate of drug-likeness (QED) is 0.777. The lowest BCUT2D eigenvalue weighted by atomic mass is 9.98. The summed E-state index contributed by atoms with van der Waals surface area (Å²) in [5.74, 6) is 1.38. The lowest BCUT2D eigenvalue weighted by molar-refractivity contribution is -0.126. The summed E-state index contributed by atoms with van der Waals surface area (Å²) in [6.07, 6.45) is 4.13. The number of amides is 1. The van der Waals surface area contributed by atoms with Crippen LogP contribution >= 0.6 is 11.6 Å². The van der Waals surface area contributed by atoms with Gasteiger partial charge in [-0.25, -0.2) is 0 Å². The molecule has 1 amide bonds. The molecule has 0 bridgehead atoms. The summed E-state index contributed by atoms with van der Waals surface area (Å²) in [4.78, 5) is 14.3. The molecule has 5 heteroatoms. The molecule has 0 aliphatic carbocycles. The predicted octanol–water partition coefficient (Wildman–Crippen LogP) is 3.96. The molecule has 0 spiro atoms. The summed E-state index contributed by atoms with van der Waals surface area (Å²) in [6.45, 7) is 1.23. The fraction of sp³-hybridized carbons (Fsp3) is 0.250. The second-order valence-corrected chi connectivity index (χ2v) is 6.25. The molecule has 0 fully saturated rings. The first kappa shape index (κ1) is 17.4. The van der Waals surface area contributed by atoms with Crippen molar-refractivity contribution in [3.63, 3.8) is 0 Å². The maximum Gasteiger partial charge on any atom is 0.246 e. The minimum absolute atomic E-state index is 0.0274. The molecular formula is C20H20ClNO3. The SMILES string of the molecule is COc1cc2c(cc1OC)CN(C(=O)C=Cc1ccccc1Cl)CC2. The molecule has 2 aromatic carbocycles. The van der Waals surface area contributed by atoms with Gasteiger partial charge in [-0.1, -0.05) is 29.8 Å². The van der Waals surface area contributed by atoms with Gasteiger partial charge >= 0.3 is 0 Å². The minimum Gasteiger partial charge on any atom is -0.493 e. The first-order valence-corrected chi connectivity index (χ1v) is 8.45. The van der Waals surface area contributed by atoms with Gasteiger partial charge in [0.15, 0.2) is 11.5 Å². The van der Waals surface area contributed by atoms with E-state index in [4.69, 9.17) is 21.1 Å². The number of nitrogens with zero attached hydrogens (tertiary/aromatic N) is 1. The molecule has 1 aliphatic heterocycles. The van der Waals surface area contributed by atoms with Gasteiger partial charge in [-0.15, -0.1) is 0 Å². The molecular weight excluding hydrogens is 338 g/mol. The highest BCUT2D eigenvalue weighted by Gasteiger charge is 2.21. The fourth-order valence-corrected chi connectivity index (χ4v) is 3.15. The van der Waals surface area contributed by atoms with Gasteiger partial charge in [-0.05, 0) is 47.4 Å². The molecule has 3 rings (SSSR count). The molecule has 25 heavy (non-hydrogen) atoms. The molecule has 2 aromatic rings. The monoisotopic (exact) mass is 357 g/mol. The van der Waals surface area contributed by atoms with E-state index in [-0.39, 0.29) is 5.91 Å². The van der Waals surface area contributed by atoms with Crippen molar-refractivity contribution in [2.75, 3.05) is 20.8 Å². The highest BCUT2D eigenvalue weighted by molar-refractivity contribution is 6.32. The van der Waals surface area contributed by atoms with Crippen LogP contribution in [-0.2, 0) is 17.8 Å². The van der Waals surface area contributed by atoms with E-state index < -0.39 is 0 Å². The van der Waals surface area contributed by atoms with Crippen LogP contribution in [0.15, 0.2) is 42.5 Å². The van der Waals surface area contributed by atoms with Gasteiger partial charge in [0.1, 0.15) is 0 Å². The Balaban J connectivity index is 1.76. The van der Waals surface area contributed by atoms with E-state index in [0.29, 0.717) is 23.9 Å². The van der Waals surface area contributed by atoms with Gasteiger partial charge in [0.2, 0.25) is 5.91 Å². The Bertz CT molecular complexity index is 817. The lowest BCUT2D eigenvalue weighted by Crippen LogP contribution is -2.34. The number of benzene rings is 2. The first-order chi connectivity index (χ1) is 12.1. The van der Waals surface area contributed by atoms with Crippen molar-refractivity contribution >= 4 is 23.6 Å². The number of rotatable bonds is 4. The Morgan fingerprint density at radius 2 is 1.80 bits per heavy atom. The summed E-state index contributed by atoms with van der Waals surface area (Å²) in [7, 11) is 3.24. The van der Waals surface area contributed by atoms with Gasteiger partial charge in [0.25, 0.3) is 0 Å². The number of carbonyl (C=O) groups excluding carboxylic acids is 1. The Kier molecular flexibility index (Phi) is 5.29. The van der Waals surface area contributed by atoms with Crippen LogP contribution in [0.5, 0.6) is 11.5 Å². The Morgan fingerprint density at radius 1 is 1.12 bits per heavy atom. The summed E-state index contributed by atoms with van der Waals surface area (Å²) >= 11 is 6.12. The lowest BCUT2D eigenvalue weighted by Gasteiger charge is -2.28. The second kappa shape index (κ2) is 7.62. The third-order valence-electron chi connectivity index (χ3n) is 4.34. The third kappa shape index (κ3) is 3.80. The Hall–Kier alpha value is -2.46. The van der Waals surface area contributed by atoms with Crippen molar-refractivity contribution in [2.45, 2.75) is 13.0 Å². The zero-order chi connectivity index (χ0) is 17.8.